The van der Waals surface area contributed by atoms with Gasteiger partial charge in [-0.1, -0.05) is 58.8 Å². The van der Waals surface area contributed by atoms with Gasteiger partial charge in [-0.15, -0.1) is 0 Å². The Labute approximate surface area is 142 Å². The fraction of sp³-hybridized carbons (Fsp3) is 0.905. The Morgan fingerprint density at radius 1 is 0.957 bits per heavy atom. The van der Waals surface area contributed by atoms with E-state index in [0.717, 1.165) is 43.9 Å². The fourth-order valence-corrected chi connectivity index (χ4v) is 4.86. The van der Waals surface area contributed by atoms with E-state index < -0.39 is 0 Å². The Morgan fingerprint density at radius 3 is 2.39 bits per heavy atom. The fourth-order valence-electron chi connectivity index (χ4n) is 4.86. The van der Waals surface area contributed by atoms with Crippen molar-refractivity contribution in [2.24, 2.45) is 23.7 Å². The Kier molecular flexibility index (Phi) is 7.79. The molecule has 2 heteroatoms. The lowest BCUT2D eigenvalue weighted by molar-refractivity contribution is -0.124. The number of Topliss-reactive ketones (excluding diaryl/α,β-unsaturated/α-hetero) is 2. The topological polar surface area (TPSA) is 34.1 Å². The molecule has 0 radical (unpaired) electrons. The Morgan fingerprint density at radius 2 is 1.65 bits per heavy atom. The molecular weight excluding hydrogens is 284 g/mol. The van der Waals surface area contributed by atoms with E-state index in [0.29, 0.717) is 30.3 Å². The van der Waals surface area contributed by atoms with E-state index >= 15 is 0 Å². The molecular formula is C21H36O2. The first kappa shape index (κ1) is 18.7. The van der Waals surface area contributed by atoms with Gasteiger partial charge in [-0.3, -0.25) is 9.59 Å². The molecule has 0 spiro atoms. The molecule has 0 amide bonds. The number of hydrogen-bond donors (Lipinski definition) is 0. The number of hydrogen-bond acceptors (Lipinski definition) is 2. The van der Waals surface area contributed by atoms with Crippen molar-refractivity contribution in [2.45, 2.75) is 97.3 Å². The van der Waals surface area contributed by atoms with Crippen LogP contribution in [0.5, 0.6) is 0 Å². The summed E-state index contributed by atoms with van der Waals surface area (Å²) in [6.07, 6.45) is 14.4. The zero-order chi connectivity index (χ0) is 16.7. The molecule has 0 saturated heterocycles. The van der Waals surface area contributed by atoms with Crippen molar-refractivity contribution in [1.82, 2.24) is 0 Å². The SMILES string of the molecule is CCCC(C)C(=O)CCCC(=O)C1CCCC2CCCCC2C1. The minimum atomic E-state index is 0.177. The van der Waals surface area contributed by atoms with E-state index in [1.54, 1.807) is 0 Å². The van der Waals surface area contributed by atoms with Crippen molar-refractivity contribution >= 4 is 11.6 Å². The second kappa shape index (κ2) is 9.59. The van der Waals surface area contributed by atoms with Gasteiger partial charge in [0.2, 0.25) is 0 Å². The monoisotopic (exact) mass is 320 g/mol. The number of carbonyl (C=O) groups is 2. The van der Waals surface area contributed by atoms with E-state index in [2.05, 4.69) is 6.92 Å². The number of ketones is 2. The van der Waals surface area contributed by atoms with Crippen LogP contribution in [0.1, 0.15) is 97.3 Å². The van der Waals surface area contributed by atoms with Crippen LogP contribution in [0.15, 0.2) is 0 Å². The van der Waals surface area contributed by atoms with Gasteiger partial charge in [0, 0.05) is 24.7 Å². The minimum Gasteiger partial charge on any atom is -0.299 e. The smallest absolute Gasteiger partial charge is 0.135 e. The molecule has 4 unspecified atom stereocenters. The highest BCUT2D eigenvalue weighted by Crippen LogP contribution is 2.41. The van der Waals surface area contributed by atoms with Crippen LogP contribution in [0, 0.1) is 23.7 Å². The van der Waals surface area contributed by atoms with Crippen LogP contribution in [0.3, 0.4) is 0 Å². The number of rotatable bonds is 8. The van der Waals surface area contributed by atoms with Crippen molar-refractivity contribution in [3.05, 3.63) is 0 Å². The lowest BCUT2D eigenvalue weighted by Crippen LogP contribution is -2.22. The molecule has 2 nitrogen and oxygen atoms in total. The summed E-state index contributed by atoms with van der Waals surface area (Å²) in [4.78, 5) is 24.6. The molecule has 0 aromatic heterocycles. The van der Waals surface area contributed by atoms with Crippen molar-refractivity contribution in [1.29, 1.82) is 0 Å². The molecule has 132 valence electrons. The van der Waals surface area contributed by atoms with Gasteiger partial charge in [0.05, 0.1) is 0 Å². The van der Waals surface area contributed by atoms with Crippen molar-refractivity contribution < 1.29 is 9.59 Å². The average Bonchev–Trinajstić information content (AvgIpc) is 2.77. The van der Waals surface area contributed by atoms with Gasteiger partial charge in [0.15, 0.2) is 0 Å². The third kappa shape index (κ3) is 5.72. The number of fused-ring (bicyclic) bond motifs is 1. The van der Waals surface area contributed by atoms with Crippen molar-refractivity contribution in [3.8, 4) is 0 Å². The third-order valence-corrected chi connectivity index (χ3v) is 6.35. The molecule has 2 aliphatic carbocycles. The molecule has 2 saturated carbocycles. The van der Waals surface area contributed by atoms with Crippen molar-refractivity contribution in [2.75, 3.05) is 0 Å². The summed E-state index contributed by atoms with van der Waals surface area (Å²) in [7, 11) is 0. The predicted octanol–water partition coefficient (Wildman–Crippen LogP) is 5.73. The summed E-state index contributed by atoms with van der Waals surface area (Å²) in [5.74, 6) is 2.99. The zero-order valence-corrected chi connectivity index (χ0v) is 15.3. The normalized spacial score (nSPS) is 29.4. The zero-order valence-electron chi connectivity index (χ0n) is 15.3. The van der Waals surface area contributed by atoms with Gasteiger partial charge >= 0.3 is 0 Å². The molecule has 0 aliphatic heterocycles. The second-order valence-corrected chi connectivity index (χ2v) is 8.14. The molecule has 23 heavy (non-hydrogen) atoms. The largest absolute Gasteiger partial charge is 0.299 e. The summed E-state index contributed by atoms with van der Waals surface area (Å²) in [5.41, 5.74) is 0. The average molecular weight is 321 g/mol. The van der Waals surface area contributed by atoms with Gasteiger partial charge < -0.3 is 0 Å². The maximum absolute atomic E-state index is 12.6. The third-order valence-electron chi connectivity index (χ3n) is 6.35. The summed E-state index contributed by atoms with van der Waals surface area (Å²) in [6.45, 7) is 4.15. The summed E-state index contributed by atoms with van der Waals surface area (Å²) < 4.78 is 0. The lowest BCUT2D eigenvalue weighted by Gasteiger charge is -2.30. The first-order chi connectivity index (χ1) is 11.1. The van der Waals surface area contributed by atoms with Gasteiger partial charge in [0.1, 0.15) is 11.6 Å². The molecule has 2 aliphatic rings. The molecule has 0 aromatic carbocycles. The van der Waals surface area contributed by atoms with Gasteiger partial charge in [-0.05, 0) is 37.5 Å². The van der Waals surface area contributed by atoms with Crippen LogP contribution < -0.4 is 0 Å². The van der Waals surface area contributed by atoms with Gasteiger partial charge in [0.25, 0.3) is 0 Å². The Hall–Kier alpha value is -0.660. The maximum Gasteiger partial charge on any atom is 0.135 e. The van der Waals surface area contributed by atoms with Crippen LogP contribution in [0.25, 0.3) is 0 Å². The van der Waals surface area contributed by atoms with E-state index in [1.165, 1.54) is 38.5 Å². The molecule has 0 heterocycles. The predicted molar refractivity (Wildman–Crippen MR) is 95.3 cm³/mol. The van der Waals surface area contributed by atoms with Gasteiger partial charge in [-0.2, -0.15) is 0 Å². The van der Waals surface area contributed by atoms with E-state index in [4.69, 9.17) is 0 Å². The quantitative estimate of drug-likeness (QED) is 0.572. The van der Waals surface area contributed by atoms with Crippen molar-refractivity contribution in [3.63, 3.8) is 0 Å². The summed E-state index contributed by atoms with van der Waals surface area (Å²) >= 11 is 0. The molecule has 0 N–H and O–H groups in total. The molecule has 4 atom stereocenters. The lowest BCUT2D eigenvalue weighted by atomic mass is 9.75. The van der Waals surface area contributed by atoms with Crippen LogP contribution >= 0.6 is 0 Å². The van der Waals surface area contributed by atoms with Crippen LogP contribution in [0.2, 0.25) is 0 Å². The molecule has 2 fully saturated rings. The van der Waals surface area contributed by atoms with Crippen LogP contribution in [0.4, 0.5) is 0 Å². The molecule has 2 rings (SSSR count). The van der Waals surface area contributed by atoms with Crippen LogP contribution in [-0.2, 0) is 9.59 Å². The second-order valence-electron chi connectivity index (χ2n) is 8.14. The Balaban J connectivity index is 1.73. The highest BCUT2D eigenvalue weighted by molar-refractivity contribution is 5.83. The molecule has 0 aromatic rings. The molecule has 0 bridgehead atoms. The number of carbonyl (C=O) groups excluding carboxylic acids is 2. The van der Waals surface area contributed by atoms with E-state index in [1.807, 2.05) is 6.92 Å². The van der Waals surface area contributed by atoms with Crippen LogP contribution in [-0.4, -0.2) is 11.6 Å². The van der Waals surface area contributed by atoms with E-state index in [-0.39, 0.29) is 5.92 Å². The minimum absolute atomic E-state index is 0.177. The summed E-state index contributed by atoms with van der Waals surface area (Å²) in [5, 5.41) is 0. The highest BCUT2D eigenvalue weighted by atomic mass is 16.1. The Bertz CT molecular complexity index is 387. The standard InChI is InChI=1S/C21H36O2/c1-3-8-16(2)20(22)13-7-14-21(23)19-12-6-11-17-9-4-5-10-18(17)15-19/h16-19H,3-15H2,1-2H3. The van der Waals surface area contributed by atoms with Gasteiger partial charge in [-0.25, -0.2) is 0 Å². The maximum atomic E-state index is 12.6. The van der Waals surface area contributed by atoms with E-state index in [9.17, 15) is 9.59 Å². The highest BCUT2D eigenvalue weighted by Gasteiger charge is 2.32. The first-order valence-electron chi connectivity index (χ1n) is 10.2. The first-order valence-corrected chi connectivity index (χ1v) is 10.2. The summed E-state index contributed by atoms with van der Waals surface area (Å²) in [6, 6.07) is 0.